The number of carbonyl (C=O) groups is 3. The van der Waals surface area contributed by atoms with Crippen LogP contribution in [0, 0.1) is 0 Å². The second kappa shape index (κ2) is 34.4. The van der Waals surface area contributed by atoms with Gasteiger partial charge in [0.2, 0.25) is 5.79 Å². The molecule has 0 aromatic carbocycles. The standard InChI is InChI=1S/C48H88O14/c1-4-7-10-13-16-19-22-25-28-31-39(49)57-34-37-42(52)44(54)45(55)47(60-37)62-48(36-59-41(51)33-30-27-24-21-18-15-12-9-6-3)46(56)43(53)38(61-48)35-58-40(50)32-29-26-23-20-17-14-11-8-5-2/h37-38,42-47,52-56H,4-36H2,1-3H3/t37-,38-,42-,43-,44+,45-,46+,47-,48+/m1/s1. The first-order chi connectivity index (χ1) is 30.0. The van der Waals surface area contributed by atoms with Crippen molar-refractivity contribution in [1.29, 1.82) is 0 Å². The van der Waals surface area contributed by atoms with Crippen LogP contribution in [0.5, 0.6) is 0 Å². The van der Waals surface area contributed by atoms with Gasteiger partial charge in [-0.1, -0.05) is 175 Å². The fourth-order valence-electron chi connectivity index (χ4n) is 8.08. The van der Waals surface area contributed by atoms with Crippen LogP contribution < -0.4 is 0 Å². The fourth-order valence-corrected chi connectivity index (χ4v) is 8.08. The van der Waals surface area contributed by atoms with E-state index in [1.54, 1.807) is 0 Å². The molecular formula is C48H88O14. The van der Waals surface area contributed by atoms with Crippen molar-refractivity contribution in [3.63, 3.8) is 0 Å². The Morgan fingerprint density at radius 3 is 1.19 bits per heavy atom. The first-order valence-electron chi connectivity index (χ1n) is 24.9. The predicted molar refractivity (Wildman–Crippen MR) is 236 cm³/mol. The molecule has 364 valence electrons. The van der Waals surface area contributed by atoms with Crippen LogP contribution in [-0.2, 0) is 42.8 Å². The summed E-state index contributed by atoms with van der Waals surface area (Å²) in [5, 5.41) is 55.1. The summed E-state index contributed by atoms with van der Waals surface area (Å²) in [4.78, 5) is 38.2. The van der Waals surface area contributed by atoms with Crippen molar-refractivity contribution < 1.29 is 68.3 Å². The largest absolute Gasteiger partial charge is 0.463 e. The lowest BCUT2D eigenvalue weighted by atomic mass is 9.99. The lowest BCUT2D eigenvalue weighted by molar-refractivity contribution is -0.383. The Bertz CT molecular complexity index is 1160. The molecule has 2 heterocycles. The van der Waals surface area contributed by atoms with Crippen LogP contribution >= 0.6 is 0 Å². The summed E-state index contributed by atoms with van der Waals surface area (Å²) in [7, 11) is 0. The molecule has 14 nitrogen and oxygen atoms in total. The topological polar surface area (TPSA) is 208 Å². The number of aliphatic hydroxyl groups is 5. The molecule has 0 unspecified atom stereocenters. The van der Waals surface area contributed by atoms with E-state index in [1.807, 2.05) is 0 Å². The molecule has 2 rings (SSSR count). The molecule has 2 aliphatic rings. The number of hydrogen-bond acceptors (Lipinski definition) is 14. The van der Waals surface area contributed by atoms with Gasteiger partial charge in [0.15, 0.2) is 6.29 Å². The van der Waals surface area contributed by atoms with Gasteiger partial charge in [-0.25, -0.2) is 0 Å². The molecule has 2 fully saturated rings. The van der Waals surface area contributed by atoms with E-state index in [2.05, 4.69) is 20.8 Å². The molecule has 0 aliphatic carbocycles. The van der Waals surface area contributed by atoms with Crippen LogP contribution in [0.25, 0.3) is 0 Å². The highest BCUT2D eigenvalue weighted by atomic mass is 16.8. The van der Waals surface area contributed by atoms with Crippen LogP contribution in [0.4, 0.5) is 0 Å². The minimum absolute atomic E-state index is 0.0877. The zero-order valence-electron chi connectivity index (χ0n) is 38.9. The van der Waals surface area contributed by atoms with Crippen molar-refractivity contribution in [2.45, 2.75) is 268 Å². The molecule has 0 bridgehead atoms. The van der Waals surface area contributed by atoms with Gasteiger partial charge < -0.3 is 54.0 Å². The van der Waals surface area contributed by atoms with Crippen LogP contribution in [0.3, 0.4) is 0 Å². The third-order valence-corrected chi connectivity index (χ3v) is 12.2. The summed E-state index contributed by atoms with van der Waals surface area (Å²) in [5.41, 5.74) is 0. The third-order valence-electron chi connectivity index (χ3n) is 12.2. The van der Waals surface area contributed by atoms with Gasteiger partial charge in [0.05, 0.1) is 0 Å². The molecule has 0 spiro atoms. The Morgan fingerprint density at radius 1 is 0.435 bits per heavy atom. The summed E-state index contributed by atoms with van der Waals surface area (Å²) >= 11 is 0. The van der Waals surface area contributed by atoms with Crippen molar-refractivity contribution >= 4 is 17.9 Å². The average Bonchev–Trinajstić information content (AvgIpc) is 3.50. The monoisotopic (exact) mass is 889 g/mol. The molecule has 0 aromatic heterocycles. The Labute approximate surface area is 373 Å². The van der Waals surface area contributed by atoms with Gasteiger partial charge in [-0.05, 0) is 19.3 Å². The van der Waals surface area contributed by atoms with E-state index in [4.69, 9.17) is 28.4 Å². The predicted octanol–water partition coefficient (Wildman–Crippen LogP) is 8.02. The second-order valence-corrected chi connectivity index (χ2v) is 17.8. The first-order valence-corrected chi connectivity index (χ1v) is 24.9. The summed E-state index contributed by atoms with van der Waals surface area (Å²) in [6, 6.07) is 0. The Hall–Kier alpha value is -1.91. The zero-order valence-corrected chi connectivity index (χ0v) is 38.9. The van der Waals surface area contributed by atoms with E-state index in [0.717, 1.165) is 64.2 Å². The van der Waals surface area contributed by atoms with Gasteiger partial charge in [0.25, 0.3) is 0 Å². The van der Waals surface area contributed by atoms with E-state index in [-0.39, 0.29) is 19.3 Å². The molecule has 0 saturated carbocycles. The van der Waals surface area contributed by atoms with Gasteiger partial charge in [0, 0.05) is 19.3 Å². The SMILES string of the molecule is CCCCCCCCCCCC(=O)OC[C@H]1O[C@@](COC(=O)CCCCCCCCCCC)(O[C@H]2O[C@H](COC(=O)CCCCCCCCCCC)[C@@H](O)[C@H](O)[C@H]2O)[C@@H](O)[C@@H]1O. The quantitative estimate of drug-likeness (QED) is 0.0226. The van der Waals surface area contributed by atoms with Gasteiger partial charge >= 0.3 is 17.9 Å². The highest BCUT2D eigenvalue weighted by Crippen LogP contribution is 2.37. The van der Waals surface area contributed by atoms with Crippen molar-refractivity contribution in [3.05, 3.63) is 0 Å². The second-order valence-electron chi connectivity index (χ2n) is 17.8. The molecule has 2 aliphatic heterocycles. The zero-order chi connectivity index (χ0) is 45.4. The molecule has 62 heavy (non-hydrogen) atoms. The smallest absolute Gasteiger partial charge is 0.305 e. The van der Waals surface area contributed by atoms with Crippen LogP contribution in [-0.4, -0.2) is 118 Å². The van der Waals surface area contributed by atoms with Crippen molar-refractivity contribution in [3.8, 4) is 0 Å². The number of aliphatic hydroxyl groups excluding tert-OH is 5. The first kappa shape index (κ1) is 56.2. The van der Waals surface area contributed by atoms with Crippen LogP contribution in [0.15, 0.2) is 0 Å². The fraction of sp³-hybridized carbons (Fsp3) is 0.938. The number of unbranched alkanes of at least 4 members (excludes halogenated alkanes) is 24. The summed E-state index contributed by atoms with van der Waals surface area (Å²) in [6.45, 7) is 4.91. The van der Waals surface area contributed by atoms with E-state index in [0.29, 0.717) is 19.3 Å². The number of carbonyl (C=O) groups excluding carboxylic acids is 3. The maximum absolute atomic E-state index is 12.9. The lowest BCUT2D eigenvalue weighted by Crippen LogP contribution is -2.63. The van der Waals surface area contributed by atoms with Gasteiger partial charge in [-0.2, -0.15) is 0 Å². The molecule has 0 aromatic rings. The Balaban J connectivity index is 2.00. The highest BCUT2D eigenvalue weighted by molar-refractivity contribution is 5.70. The Kier molecular flexibility index (Phi) is 31.2. The molecule has 0 amide bonds. The van der Waals surface area contributed by atoms with Crippen LogP contribution in [0.1, 0.15) is 213 Å². The maximum Gasteiger partial charge on any atom is 0.305 e. The van der Waals surface area contributed by atoms with E-state index in [1.165, 1.54) is 89.9 Å². The molecule has 2 saturated heterocycles. The molecular weight excluding hydrogens is 801 g/mol. The van der Waals surface area contributed by atoms with Crippen LogP contribution in [0.2, 0.25) is 0 Å². The average molecular weight is 889 g/mol. The molecule has 5 N–H and O–H groups in total. The normalized spacial score (nSPS) is 26.1. The molecule has 9 atom stereocenters. The minimum Gasteiger partial charge on any atom is -0.463 e. The number of rotatable bonds is 38. The Morgan fingerprint density at radius 2 is 0.790 bits per heavy atom. The van der Waals surface area contributed by atoms with Gasteiger partial charge in [-0.15, -0.1) is 0 Å². The van der Waals surface area contributed by atoms with Gasteiger partial charge in [-0.3, -0.25) is 14.4 Å². The van der Waals surface area contributed by atoms with Crippen molar-refractivity contribution in [2.75, 3.05) is 19.8 Å². The maximum atomic E-state index is 12.9. The van der Waals surface area contributed by atoms with E-state index in [9.17, 15) is 39.9 Å². The number of hydrogen-bond donors (Lipinski definition) is 5. The minimum atomic E-state index is -2.34. The van der Waals surface area contributed by atoms with Crippen molar-refractivity contribution in [1.82, 2.24) is 0 Å². The summed E-state index contributed by atoms with van der Waals surface area (Å²) < 4.78 is 34.2. The molecule has 0 radical (unpaired) electrons. The molecule has 14 heteroatoms. The summed E-state index contributed by atoms with van der Waals surface area (Å²) in [6.07, 6.45) is 16.0. The number of esters is 3. The van der Waals surface area contributed by atoms with Crippen molar-refractivity contribution in [2.24, 2.45) is 0 Å². The summed E-state index contributed by atoms with van der Waals surface area (Å²) in [5.74, 6) is -3.95. The number of ether oxygens (including phenoxy) is 6. The van der Waals surface area contributed by atoms with E-state index < -0.39 is 92.5 Å². The third kappa shape index (κ3) is 22.8. The highest BCUT2D eigenvalue weighted by Gasteiger charge is 2.60. The lowest BCUT2D eigenvalue weighted by Gasteiger charge is -2.43. The van der Waals surface area contributed by atoms with E-state index >= 15 is 0 Å². The van der Waals surface area contributed by atoms with Gasteiger partial charge in [0.1, 0.15) is 62.5 Å².